The highest BCUT2D eigenvalue weighted by molar-refractivity contribution is 7.91. The molecule has 1 atom stereocenters. The molecule has 1 unspecified atom stereocenters. The van der Waals surface area contributed by atoms with Crippen molar-refractivity contribution in [2.24, 2.45) is 0 Å². The van der Waals surface area contributed by atoms with Gasteiger partial charge in [0, 0.05) is 25.7 Å². The topological polar surface area (TPSA) is 49.4 Å². The minimum Gasteiger partial charge on any atom is -0.368 e. The molecule has 0 radical (unpaired) electrons. The molecule has 1 fully saturated rings. The van der Waals surface area contributed by atoms with Gasteiger partial charge in [-0.3, -0.25) is 0 Å². The number of hydrogen-bond acceptors (Lipinski definition) is 4. The average molecular weight is 290 g/mol. The second kappa shape index (κ2) is 5.42. The third kappa shape index (κ3) is 2.87. The van der Waals surface area contributed by atoms with Crippen molar-refractivity contribution in [1.29, 1.82) is 0 Å². The largest absolute Gasteiger partial charge is 0.368 e. The van der Waals surface area contributed by atoms with E-state index in [4.69, 9.17) is 0 Å². The van der Waals surface area contributed by atoms with Gasteiger partial charge in [0.15, 0.2) is 0 Å². The molecule has 106 valence electrons. The highest BCUT2D eigenvalue weighted by Crippen LogP contribution is 2.29. The Morgan fingerprint density at radius 1 is 1.37 bits per heavy atom. The van der Waals surface area contributed by atoms with Gasteiger partial charge < -0.3 is 10.2 Å². The number of hydrogen-bond donors (Lipinski definition) is 1. The van der Waals surface area contributed by atoms with Crippen molar-refractivity contribution in [1.82, 2.24) is 5.32 Å². The first-order valence-electron chi connectivity index (χ1n) is 6.02. The predicted octanol–water partition coefficient (Wildman–Crippen LogP) is 1.48. The summed E-state index contributed by atoms with van der Waals surface area (Å²) in [4.78, 5) is 1.54. The first-order valence-corrected chi connectivity index (χ1v) is 7.57. The number of rotatable bonds is 3. The summed E-state index contributed by atoms with van der Waals surface area (Å²) in [6.07, 6.45) is 0. The van der Waals surface area contributed by atoms with Crippen LogP contribution in [0.25, 0.3) is 0 Å². The maximum Gasteiger partial charge on any atom is 0.341 e. The summed E-state index contributed by atoms with van der Waals surface area (Å²) in [5.74, 6) is -3.39. The Morgan fingerprint density at radius 2 is 2.05 bits per heavy atom. The molecule has 1 aromatic carbocycles. The smallest absolute Gasteiger partial charge is 0.341 e. The fourth-order valence-corrected chi connectivity index (χ4v) is 3.15. The van der Waals surface area contributed by atoms with E-state index in [0.29, 0.717) is 25.3 Å². The zero-order chi connectivity index (χ0) is 14.0. The summed E-state index contributed by atoms with van der Waals surface area (Å²) in [5.41, 5.74) is 0.358. The first kappa shape index (κ1) is 14.2. The summed E-state index contributed by atoms with van der Waals surface area (Å²) in [6.45, 7) is 3.86. The number of benzene rings is 1. The van der Waals surface area contributed by atoms with E-state index in [9.17, 15) is 17.2 Å². The van der Waals surface area contributed by atoms with Gasteiger partial charge in [0.25, 0.3) is 0 Å². The van der Waals surface area contributed by atoms with Crippen LogP contribution in [0.3, 0.4) is 0 Å². The van der Waals surface area contributed by atoms with E-state index in [1.807, 2.05) is 11.8 Å². The molecular formula is C12H16F2N2O2S. The number of halogens is 2. The lowest BCUT2D eigenvalue weighted by molar-refractivity contribution is 0.234. The van der Waals surface area contributed by atoms with Crippen LogP contribution in [0.5, 0.6) is 0 Å². The summed E-state index contributed by atoms with van der Waals surface area (Å²) < 4.78 is 48.8. The summed E-state index contributed by atoms with van der Waals surface area (Å²) >= 11 is 0. The molecule has 4 nitrogen and oxygen atoms in total. The molecule has 1 saturated heterocycles. The van der Waals surface area contributed by atoms with Crippen LogP contribution >= 0.6 is 0 Å². The van der Waals surface area contributed by atoms with E-state index in [-0.39, 0.29) is 10.9 Å². The number of nitrogens with zero attached hydrogens (tertiary/aromatic N) is 1. The predicted molar refractivity (Wildman–Crippen MR) is 69.3 cm³/mol. The molecule has 2 rings (SSSR count). The number of nitrogens with one attached hydrogen (secondary N) is 1. The standard InChI is InChI=1S/C12H16F2N2O2S/c1-9-8-16(7-6-15-9)10-4-2-3-5-11(10)19(17,18)12(13)14/h2-5,9,12,15H,6-8H2,1H3. The molecule has 0 saturated carbocycles. The quantitative estimate of drug-likeness (QED) is 0.916. The van der Waals surface area contributed by atoms with Crippen molar-refractivity contribution in [3.63, 3.8) is 0 Å². The number of anilines is 1. The summed E-state index contributed by atoms with van der Waals surface area (Å²) in [5, 5.41) is 3.22. The first-order chi connectivity index (χ1) is 8.93. The van der Waals surface area contributed by atoms with Gasteiger partial charge in [0.2, 0.25) is 9.84 Å². The van der Waals surface area contributed by atoms with Crippen molar-refractivity contribution >= 4 is 15.5 Å². The van der Waals surface area contributed by atoms with Crippen molar-refractivity contribution < 1.29 is 17.2 Å². The second-order valence-corrected chi connectivity index (χ2v) is 6.46. The minimum absolute atomic E-state index is 0.191. The normalized spacial score (nSPS) is 20.8. The van der Waals surface area contributed by atoms with Crippen LogP contribution in [-0.2, 0) is 9.84 Å². The van der Waals surface area contributed by atoms with E-state index in [1.54, 1.807) is 12.1 Å². The third-order valence-electron chi connectivity index (χ3n) is 3.12. The molecule has 19 heavy (non-hydrogen) atoms. The van der Waals surface area contributed by atoms with Gasteiger partial charge in [0.05, 0.1) is 10.6 Å². The van der Waals surface area contributed by atoms with Crippen molar-refractivity contribution in [2.45, 2.75) is 23.6 Å². The van der Waals surface area contributed by atoms with Gasteiger partial charge in [-0.1, -0.05) is 12.1 Å². The Hall–Kier alpha value is -1.21. The molecule has 7 heteroatoms. The minimum atomic E-state index is -4.57. The molecule has 0 aromatic heterocycles. The van der Waals surface area contributed by atoms with E-state index >= 15 is 0 Å². The zero-order valence-electron chi connectivity index (χ0n) is 10.5. The maximum absolute atomic E-state index is 12.7. The SMILES string of the molecule is CC1CN(c2ccccc2S(=O)(=O)C(F)F)CCN1. The molecular weight excluding hydrogens is 274 g/mol. The third-order valence-corrected chi connectivity index (χ3v) is 4.54. The van der Waals surface area contributed by atoms with Crippen LogP contribution in [0.1, 0.15) is 6.92 Å². The van der Waals surface area contributed by atoms with E-state index in [2.05, 4.69) is 5.32 Å². The van der Waals surface area contributed by atoms with E-state index < -0.39 is 15.6 Å². The monoisotopic (exact) mass is 290 g/mol. The number of para-hydroxylation sites is 1. The zero-order valence-corrected chi connectivity index (χ0v) is 11.3. The van der Waals surface area contributed by atoms with Crippen molar-refractivity contribution in [3.05, 3.63) is 24.3 Å². The van der Waals surface area contributed by atoms with Gasteiger partial charge in [-0.15, -0.1) is 0 Å². The Labute approximate surface area is 111 Å². The average Bonchev–Trinajstić information content (AvgIpc) is 2.38. The molecule has 0 bridgehead atoms. The van der Waals surface area contributed by atoms with Crippen molar-refractivity contribution in [2.75, 3.05) is 24.5 Å². The number of piperazine rings is 1. The molecule has 1 heterocycles. The Balaban J connectivity index is 2.42. The Bertz CT molecular complexity index is 548. The molecule has 1 aromatic rings. The van der Waals surface area contributed by atoms with E-state index in [0.717, 1.165) is 0 Å². The van der Waals surface area contributed by atoms with Gasteiger partial charge >= 0.3 is 5.76 Å². The highest BCUT2D eigenvalue weighted by atomic mass is 32.2. The van der Waals surface area contributed by atoms with Gasteiger partial charge in [0.1, 0.15) is 0 Å². The van der Waals surface area contributed by atoms with Gasteiger partial charge in [-0.25, -0.2) is 8.42 Å². The molecule has 0 aliphatic carbocycles. The maximum atomic E-state index is 12.7. The molecule has 0 spiro atoms. The molecule has 1 N–H and O–H groups in total. The molecule has 1 aliphatic heterocycles. The second-order valence-electron chi connectivity index (χ2n) is 4.57. The lowest BCUT2D eigenvalue weighted by atomic mass is 10.2. The number of alkyl halides is 2. The van der Waals surface area contributed by atoms with Crippen LogP contribution in [0.4, 0.5) is 14.5 Å². The van der Waals surface area contributed by atoms with Crippen LogP contribution in [0.15, 0.2) is 29.2 Å². The van der Waals surface area contributed by atoms with Gasteiger partial charge in [-0.05, 0) is 19.1 Å². The van der Waals surface area contributed by atoms with Crippen LogP contribution in [0, 0.1) is 0 Å². The molecule has 1 aliphatic rings. The molecule has 0 amide bonds. The fraction of sp³-hybridized carbons (Fsp3) is 0.500. The van der Waals surface area contributed by atoms with Crippen LogP contribution in [0.2, 0.25) is 0 Å². The Kier molecular flexibility index (Phi) is 4.05. The lowest BCUT2D eigenvalue weighted by Crippen LogP contribution is -2.49. The Morgan fingerprint density at radius 3 is 2.68 bits per heavy atom. The number of sulfone groups is 1. The summed E-state index contributed by atoms with van der Waals surface area (Å²) in [7, 11) is -4.57. The van der Waals surface area contributed by atoms with Crippen LogP contribution < -0.4 is 10.2 Å². The summed E-state index contributed by atoms with van der Waals surface area (Å²) in [6, 6.07) is 6.13. The van der Waals surface area contributed by atoms with Gasteiger partial charge in [-0.2, -0.15) is 8.78 Å². The van der Waals surface area contributed by atoms with E-state index in [1.165, 1.54) is 12.1 Å². The lowest BCUT2D eigenvalue weighted by Gasteiger charge is -2.34. The highest BCUT2D eigenvalue weighted by Gasteiger charge is 2.31. The van der Waals surface area contributed by atoms with Crippen LogP contribution in [-0.4, -0.2) is 39.9 Å². The fourth-order valence-electron chi connectivity index (χ4n) is 2.21. The van der Waals surface area contributed by atoms with Crippen molar-refractivity contribution in [3.8, 4) is 0 Å².